The van der Waals surface area contributed by atoms with Crippen LogP contribution in [0, 0.1) is 0 Å². The summed E-state index contributed by atoms with van der Waals surface area (Å²) in [5, 5.41) is 2.78. The van der Waals surface area contributed by atoms with Crippen molar-refractivity contribution in [3.63, 3.8) is 0 Å². The van der Waals surface area contributed by atoms with Gasteiger partial charge in [0.25, 0.3) is 5.91 Å². The Morgan fingerprint density at radius 3 is 2.64 bits per heavy atom. The number of nitrogens with zero attached hydrogens (tertiary/aromatic N) is 1. The van der Waals surface area contributed by atoms with Gasteiger partial charge in [-0.15, -0.1) is 0 Å². The highest BCUT2D eigenvalue weighted by Gasteiger charge is 2.13. The van der Waals surface area contributed by atoms with Gasteiger partial charge in [-0.3, -0.25) is 9.78 Å². The quantitative estimate of drug-likeness (QED) is 0.830. The Morgan fingerprint density at radius 1 is 1.27 bits per heavy atom. The van der Waals surface area contributed by atoms with Crippen LogP contribution >= 0.6 is 15.9 Å². The average molecular weight is 363 g/mol. The zero-order valence-corrected chi connectivity index (χ0v) is 13.5. The molecular weight excluding hydrogens is 348 g/mol. The molecule has 0 radical (unpaired) electrons. The Labute approximate surface area is 136 Å². The van der Waals surface area contributed by atoms with Gasteiger partial charge < -0.3 is 10.1 Å². The van der Waals surface area contributed by atoms with Crippen LogP contribution in [-0.2, 0) is 9.53 Å². The van der Waals surface area contributed by atoms with E-state index < -0.39 is 5.97 Å². The summed E-state index contributed by atoms with van der Waals surface area (Å²) in [5.41, 5.74) is 1.28. The Kier molecular flexibility index (Phi) is 5.66. The van der Waals surface area contributed by atoms with Gasteiger partial charge in [0.15, 0.2) is 6.61 Å². The Bertz CT molecular complexity index is 644. The van der Waals surface area contributed by atoms with E-state index in [1.54, 1.807) is 18.3 Å². The normalized spacial score (nSPS) is 11.5. The molecule has 1 atom stereocenters. The molecule has 0 aliphatic carbocycles. The molecule has 1 heterocycles. The molecule has 2 aromatic rings. The van der Waals surface area contributed by atoms with Gasteiger partial charge in [0.2, 0.25) is 0 Å². The summed E-state index contributed by atoms with van der Waals surface area (Å²) in [6, 6.07) is 10.7. The molecule has 22 heavy (non-hydrogen) atoms. The number of esters is 1. The zero-order chi connectivity index (χ0) is 15.9. The largest absolute Gasteiger partial charge is 0.452 e. The molecule has 114 valence electrons. The van der Waals surface area contributed by atoms with E-state index in [1.807, 2.05) is 31.2 Å². The number of hydrogen-bond donors (Lipinski definition) is 1. The predicted molar refractivity (Wildman–Crippen MR) is 85.2 cm³/mol. The SMILES string of the molecule is C[C@H](NC(=O)COC(=O)c1cccnc1)c1ccc(Br)cc1. The maximum absolute atomic E-state index is 11.8. The predicted octanol–water partition coefficient (Wildman–Crippen LogP) is 2.88. The maximum Gasteiger partial charge on any atom is 0.340 e. The minimum Gasteiger partial charge on any atom is -0.452 e. The molecule has 2 rings (SSSR count). The number of amides is 1. The van der Waals surface area contributed by atoms with Crippen LogP contribution < -0.4 is 5.32 Å². The van der Waals surface area contributed by atoms with E-state index in [9.17, 15) is 9.59 Å². The van der Waals surface area contributed by atoms with E-state index in [1.165, 1.54) is 6.20 Å². The molecule has 0 fully saturated rings. The molecular formula is C16H15BrN2O3. The summed E-state index contributed by atoms with van der Waals surface area (Å²) in [4.78, 5) is 27.3. The summed E-state index contributed by atoms with van der Waals surface area (Å²) < 4.78 is 5.92. The maximum atomic E-state index is 11.8. The summed E-state index contributed by atoms with van der Waals surface area (Å²) in [6.07, 6.45) is 2.95. The summed E-state index contributed by atoms with van der Waals surface area (Å²) >= 11 is 3.36. The second-order valence-corrected chi connectivity index (χ2v) is 5.57. The first-order chi connectivity index (χ1) is 10.6. The van der Waals surface area contributed by atoms with Gasteiger partial charge in [0, 0.05) is 16.9 Å². The van der Waals surface area contributed by atoms with Gasteiger partial charge in [-0.2, -0.15) is 0 Å². The van der Waals surface area contributed by atoms with Crippen molar-refractivity contribution in [2.24, 2.45) is 0 Å². The summed E-state index contributed by atoms with van der Waals surface area (Å²) in [6.45, 7) is 1.54. The topological polar surface area (TPSA) is 68.3 Å². The molecule has 1 aromatic heterocycles. The van der Waals surface area contributed by atoms with Crippen LogP contribution in [-0.4, -0.2) is 23.5 Å². The van der Waals surface area contributed by atoms with Gasteiger partial charge in [0.1, 0.15) is 0 Å². The number of nitrogens with one attached hydrogen (secondary N) is 1. The fourth-order valence-electron chi connectivity index (χ4n) is 1.82. The molecule has 0 saturated carbocycles. The highest BCUT2D eigenvalue weighted by Crippen LogP contribution is 2.16. The van der Waals surface area contributed by atoms with Gasteiger partial charge >= 0.3 is 5.97 Å². The number of carbonyl (C=O) groups is 2. The first-order valence-corrected chi connectivity index (χ1v) is 7.47. The highest BCUT2D eigenvalue weighted by atomic mass is 79.9. The fourth-order valence-corrected chi connectivity index (χ4v) is 2.08. The van der Waals surface area contributed by atoms with E-state index >= 15 is 0 Å². The second kappa shape index (κ2) is 7.70. The van der Waals surface area contributed by atoms with Crippen LogP contribution in [0.4, 0.5) is 0 Å². The highest BCUT2D eigenvalue weighted by molar-refractivity contribution is 9.10. The van der Waals surface area contributed by atoms with Crippen LogP contribution in [0.25, 0.3) is 0 Å². The number of aromatic nitrogens is 1. The van der Waals surface area contributed by atoms with Crippen LogP contribution in [0.5, 0.6) is 0 Å². The number of carbonyl (C=O) groups excluding carboxylic acids is 2. The number of hydrogen-bond acceptors (Lipinski definition) is 4. The smallest absolute Gasteiger partial charge is 0.340 e. The van der Waals surface area contributed by atoms with Gasteiger partial charge in [-0.1, -0.05) is 28.1 Å². The first kappa shape index (κ1) is 16.2. The zero-order valence-electron chi connectivity index (χ0n) is 12.0. The first-order valence-electron chi connectivity index (χ1n) is 6.68. The molecule has 1 aromatic carbocycles. The molecule has 5 nitrogen and oxygen atoms in total. The monoisotopic (exact) mass is 362 g/mol. The van der Waals surface area contributed by atoms with Crippen molar-refractivity contribution in [1.82, 2.24) is 10.3 Å². The summed E-state index contributed by atoms with van der Waals surface area (Å²) in [7, 11) is 0. The van der Waals surface area contributed by atoms with Crippen LogP contribution in [0.2, 0.25) is 0 Å². The van der Waals surface area contributed by atoms with Crippen molar-refractivity contribution in [1.29, 1.82) is 0 Å². The lowest BCUT2D eigenvalue weighted by atomic mass is 10.1. The van der Waals surface area contributed by atoms with Crippen molar-refractivity contribution in [2.75, 3.05) is 6.61 Å². The molecule has 6 heteroatoms. The molecule has 0 saturated heterocycles. The Hall–Kier alpha value is -2.21. The van der Waals surface area contributed by atoms with Crippen LogP contribution in [0.15, 0.2) is 53.3 Å². The number of rotatable bonds is 5. The second-order valence-electron chi connectivity index (χ2n) is 4.66. The van der Waals surface area contributed by atoms with E-state index in [0.29, 0.717) is 5.56 Å². The van der Waals surface area contributed by atoms with Crippen molar-refractivity contribution in [3.8, 4) is 0 Å². The Morgan fingerprint density at radius 2 is 2.00 bits per heavy atom. The van der Waals surface area contributed by atoms with Gasteiger partial charge in [-0.05, 0) is 36.8 Å². The lowest BCUT2D eigenvalue weighted by Gasteiger charge is -2.14. The molecule has 1 amide bonds. The van der Waals surface area contributed by atoms with E-state index in [0.717, 1.165) is 10.0 Å². The fraction of sp³-hybridized carbons (Fsp3) is 0.188. The molecule has 1 N–H and O–H groups in total. The van der Waals surface area contributed by atoms with E-state index in [2.05, 4.69) is 26.2 Å². The standard InChI is InChI=1S/C16H15BrN2O3/c1-11(12-4-6-14(17)7-5-12)19-15(20)10-22-16(21)13-3-2-8-18-9-13/h2-9,11H,10H2,1H3,(H,19,20)/t11-/m0/s1. The third-order valence-corrected chi connectivity index (χ3v) is 3.51. The molecule has 0 bridgehead atoms. The minimum atomic E-state index is -0.570. The lowest BCUT2D eigenvalue weighted by Crippen LogP contribution is -2.31. The average Bonchev–Trinajstić information content (AvgIpc) is 2.54. The van der Waals surface area contributed by atoms with Crippen LogP contribution in [0.3, 0.4) is 0 Å². The molecule has 0 unspecified atom stereocenters. The van der Waals surface area contributed by atoms with E-state index in [4.69, 9.17) is 4.74 Å². The third-order valence-electron chi connectivity index (χ3n) is 2.98. The number of halogens is 1. The van der Waals surface area contributed by atoms with Crippen molar-refractivity contribution >= 4 is 27.8 Å². The van der Waals surface area contributed by atoms with Gasteiger partial charge in [-0.25, -0.2) is 4.79 Å². The number of pyridine rings is 1. The molecule has 0 spiro atoms. The summed E-state index contributed by atoms with van der Waals surface area (Å²) in [5.74, 6) is -0.924. The Balaban J connectivity index is 1.83. The number of ether oxygens (including phenoxy) is 1. The van der Waals surface area contributed by atoms with Crippen molar-refractivity contribution in [3.05, 3.63) is 64.4 Å². The molecule has 0 aliphatic heterocycles. The van der Waals surface area contributed by atoms with Crippen LogP contribution in [0.1, 0.15) is 28.9 Å². The number of benzene rings is 1. The third kappa shape index (κ3) is 4.66. The minimum absolute atomic E-state index is 0.169. The van der Waals surface area contributed by atoms with Gasteiger partial charge in [0.05, 0.1) is 11.6 Å². The van der Waals surface area contributed by atoms with E-state index in [-0.39, 0.29) is 18.6 Å². The van der Waals surface area contributed by atoms with Crippen molar-refractivity contribution < 1.29 is 14.3 Å². The molecule has 0 aliphatic rings. The van der Waals surface area contributed by atoms with Crippen molar-refractivity contribution in [2.45, 2.75) is 13.0 Å². The lowest BCUT2D eigenvalue weighted by molar-refractivity contribution is -0.124.